The van der Waals surface area contributed by atoms with Crippen LogP contribution in [-0.4, -0.2) is 19.5 Å². The molecule has 0 saturated carbocycles. The largest absolute Gasteiger partial charge is 0.309 e. The summed E-state index contributed by atoms with van der Waals surface area (Å²) in [6.45, 7) is 0. The van der Waals surface area contributed by atoms with Crippen LogP contribution in [0, 0.1) is 0 Å². The van der Waals surface area contributed by atoms with Crippen LogP contribution in [0.15, 0.2) is 133 Å². The average Bonchev–Trinajstić information content (AvgIpc) is 3.58. The van der Waals surface area contributed by atoms with E-state index in [1.807, 2.05) is 60.7 Å². The van der Waals surface area contributed by atoms with Crippen molar-refractivity contribution in [3.05, 3.63) is 133 Å². The molecule has 0 fully saturated rings. The monoisotopic (exact) mass is 522 g/mol. The Balaban J connectivity index is 1.21. The van der Waals surface area contributed by atoms with Crippen molar-refractivity contribution in [3.8, 4) is 51.0 Å². The first-order valence-corrected chi connectivity index (χ1v) is 13.8. The fourth-order valence-corrected chi connectivity index (χ4v) is 6.35. The molecule has 190 valence electrons. The van der Waals surface area contributed by atoms with Crippen molar-refractivity contribution in [2.75, 3.05) is 0 Å². The third-order valence-corrected chi connectivity index (χ3v) is 8.17. The minimum atomic E-state index is 0.658. The number of aromatic nitrogens is 4. The molecular weight excluding hydrogens is 500 g/mol. The van der Waals surface area contributed by atoms with E-state index in [-0.39, 0.29) is 0 Å². The van der Waals surface area contributed by atoms with Crippen molar-refractivity contribution >= 4 is 32.6 Å². The van der Waals surface area contributed by atoms with Gasteiger partial charge in [-0.05, 0) is 58.3 Å². The number of fused-ring (bicyclic) bond motifs is 1. The summed E-state index contributed by atoms with van der Waals surface area (Å²) in [7, 11) is 0. The third kappa shape index (κ3) is 3.25. The van der Waals surface area contributed by atoms with Gasteiger partial charge in [-0.15, -0.1) is 0 Å². The van der Waals surface area contributed by atoms with E-state index < -0.39 is 0 Å². The SMILES string of the molecule is c1ccc(-c2nc(-c3ccccc3)nc(-c3ccc(-n4c5cccc6c5c5c7c-6cccc7ccc54)cc3)n2)cc1. The van der Waals surface area contributed by atoms with Crippen molar-refractivity contribution in [2.45, 2.75) is 0 Å². The second-order valence-corrected chi connectivity index (χ2v) is 10.5. The molecule has 2 aromatic heterocycles. The highest BCUT2D eigenvalue weighted by Crippen LogP contribution is 2.49. The lowest BCUT2D eigenvalue weighted by Crippen LogP contribution is -2.00. The highest BCUT2D eigenvalue weighted by molar-refractivity contribution is 6.33. The summed E-state index contributed by atoms with van der Waals surface area (Å²) in [6.07, 6.45) is 0. The molecule has 41 heavy (non-hydrogen) atoms. The van der Waals surface area contributed by atoms with E-state index in [0.717, 1.165) is 22.4 Å². The quantitative estimate of drug-likeness (QED) is 0.231. The van der Waals surface area contributed by atoms with Gasteiger partial charge in [0.25, 0.3) is 0 Å². The number of nitrogens with zero attached hydrogens (tertiary/aromatic N) is 4. The Labute approximate surface area is 236 Å². The Morgan fingerprint density at radius 1 is 0.366 bits per heavy atom. The third-order valence-electron chi connectivity index (χ3n) is 8.17. The molecule has 0 radical (unpaired) electrons. The summed E-state index contributed by atoms with van der Waals surface area (Å²) in [5, 5.41) is 5.35. The molecule has 0 atom stereocenters. The Kier molecular flexibility index (Phi) is 4.58. The van der Waals surface area contributed by atoms with Crippen molar-refractivity contribution in [3.63, 3.8) is 0 Å². The summed E-state index contributed by atoms with van der Waals surface area (Å²) in [5.74, 6) is 1.99. The van der Waals surface area contributed by atoms with Crippen LogP contribution < -0.4 is 0 Å². The minimum Gasteiger partial charge on any atom is -0.309 e. The molecule has 0 spiro atoms. The predicted octanol–water partition coefficient (Wildman–Crippen LogP) is 9.10. The van der Waals surface area contributed by atoms with Gasteiger partial charge in [0.1, 0.15) is 0 Å². The maximum atomic E-state index is 4.90. The topological polar surface area (TPSA) is 43.6 Å². The number of rotatable bonds is 4. The zero-order valence-corrected chi connectivity index (χ0v) is 22.0. The van der Waals surface area contributed by atoms with E-state index in [2.05, 4.69) is 77.4 Å². The van der Waals surface area contributed by atoms with Crippen molar-refractivity contribution < 1.29 is 0 Å². The zero-order chi connectivity index (χ0) is 26.9. The molecule has 0 amide bonds. The molecule has 0 unspecified atom stereocenters. The molecule has 6 aromatic carbocycles. The standard InChI is InChI=1S/C37H22N4/c1-3-9-24(10-4-1)35-38-36(25-11-5-2-6-12-25)40-37(39-35)26-17-20-27(21-18-26)41-30-16-8-15-29-28-14-7-13-23-19-22-31(41)34(32(23)28)33(29)30/h1-22H. The lowest BCUT2D eigenvalue weighted by molar-refractivity contribution is 1.07. The highest BCUT2D eigenvalue weighted by atomic mass is 15.0. The highest BCUT2D eigenvalue weighted by Gasteiger charge is 2.24. The van der Waals surface area contributed by atoms with Gasteiger partial charge in [-0.1, -0.05) is 97.1 Å². The molecule has 4 heteroatoms. The second kappa shape index (κ2) is 8.44. The predicted molar refractivity (Wildman–Crippen MR) is 167 cm³/mol. The van der Waals surface area contributed by atoms with Gasteiger partial charge in [0.2, 0.25) is 0 Å². The Morgan fingerprint density at radius 3 is 1.54 bits per heavy atom. The van der Waals surface area contributed by atoms with Crippen molar-refractivity contribution in [1.29, 1.82) is 0 Å². The summed E-state index contributed by atoms with van der Waals surface area (Å²) < 4.78 is 2.38. The van der Waals surface area contributed by atoms with Gasteiger partial charge >= 0.3 is 0 Å². The fourth-order valence-electron chi connectivity index (χ4n) is 6.35. The lowest BCUT2D eigenvalue weighted by atomic mass is 10.0. The lowest BCUT2D eigenvalue weighted by Gasteiger charge is -2.12. The molecule has 0 saturated heterocycles. The normalized spacial score (nSPS) is 11.9. The van der Waals surface area contributed by atoms with E-state index in [1.54, 1.807) is 0 Å². The van der Waals surface area contributed by atoms with E-state index in [0.29, 0.717) is 17.5 Å². The average molecular weight is 523 g/mol. The van der Waals surface area contributed by atoms with Gasteiger partial charge in [0.15, 0.2) is 17.5 Å². The van der Waals surface area contributed by atoms with E-state index in [4.69, 9.17) is 15.0 Å². The van der Waals surface area contributed by atoms with Crippen molar-refractivity contribution in [1.82, 2.24) is 19.5 Å². The van der Waals surface area contributed by atoms with Crippen LogP contribution in [-0.2, 0) is 0 Å². The van der Waals surface area contributed by atoms with E-state index >= 15 is 0 Å². The van der Waals surface area contributed by atoms with Gasteiger partial charge in [0, 0.05) is 33.2 Å². The van der Waals surface area contributed by atoms with Crippen LogP contribution in [0.25, 0.3) is 83.6 Å². The smallest absolute Gasteiger partial charge is 0.164 e. The van der Waals surface area contributed by atoms with Crippen LogP contribution in [0.4, 0.5) is 0 Å². The number of hydrogen-bond donors (Lipinski definition) is 0. The Hall–Kier alpha value is -5.61. The van der Waals surface area contributed by atoms with Gasteiger partial charge in [-0.3, -0.25) is 0 Å². The fraction of sp³-hybridized carbons (Fsp3) is 0. The van der Waals surface area contributed by atoms with Gasteiger partial charge in [0.05, 0.1) is 11.0 Å². The van der Waals surface area contributed by atoms with Crippen LogP contribution in [0.3, 0.4) is 0 Å². The molecular formula is C37H22N4. The second-order valence-electron chi connectivity index (χ2n) is 10.5. The van der Waals surface area contributed by atoms with Gasteiger partial charge in [-0.2, -0.15) is 0 Å². The number of benzene rings is 6. The first kappa shape index (κ1) is 22.2. The van der Waals surface area contributed by atoms with Crippen LogP contribution >= 0.6 is 0 Å². The first-order chi connectivity index (χ1) is 20.3. The molecule has 8 aromatic rings. The molecule has 0 N–H and O–H groups in total. The van der Waals surface area contributed by atoms with Gasteiger partial charge < -0.3 is 4.57 Å². The van der Waals surface area contributed by atoms with Crippen LogP contribution in [0.5, 0.6) is 0 Å². The molecule has 0 bridgehead atoms. The molecule has 2 heterocycles. The molecule has 1 aliphatic carbocycles. The summed E-state index contributed by atoms with van der Waals surface area (Å²) in [5.41, 5.74) is 9.12. The molecule has 4 nitrogen and oxygen atoms in total. The Bertz CT molecular complexity index is 2230. The molecule has 0 aliphatic heterocycles. The molecule has 9 rings (SSSR count). The molecule has 1 aliphatic rings. The van der Waals surface area contributed by atoms with Crippen molar-refractivity contribution in [2.24, 2.45) is 0 Å². The zero-order valence-electron chi connectivity index (χ0n) is 22.0. The maximum Gasteiger partial charge on any atom is 0.164 e. The first-order valence-electron chi connectivity index (χ1n) is 13.8. The summed E-state index contributed by atoms with van der Waals surface area (Å²) >= 11 is 0. The van der Waals surface area contributed by atoms with Crippen LogP contribution in [0.2, 0.25) is 0 Å². The van der Waals surface area contributed by atoms with Crippen LogP contribution in [0.1, 0.15) is 0 Å². The maximum absolute atomic E-state index is 4.90. The van der Waals surface area contributed by atoms with Gasteiger partial charge in [-0.25, -0.2) is 15.0 Å². The van der Waals surface area contributed by atoms with E-state index in [1.165, 1.54) is 43.7 Å². The minimum absolute atomic E-state index is 0.658. The Morgan fingerprint density at radius 2 is 0.902 bits per heavy atom. The summed E-state index contributed by atoms with van der Waals surface area (Å²) in [6, 6.07) is 46.5. The van der Waals surface area contributed by atoms with E-state index in [9.17, 15) is 0 Å². The summed E-state index contributed by atoms with van der Waals surface area (Å²) in [4.78, 5) is 14.6. The number of hydrogen-bond acceptors (Lipinski definition) is 3.